The summed E-state index contributed by atoms with van der Waals surface area (Å²) in [5, 5.41) is 8.19. The van der Waals surface area contributed by atoms with Crippen molar-refractivity contribution in [1.82, 2.24) is 24.9 Å². The number of nitrogens with zero attached hydrogens (tertiary/aromatic N) is 2. The average Bonchev–Trinajstić information content (AvgIpc) is 4.16. The van der Waals surface area contributed by atoms with Crippen LogP contribution in [-0.4, -0.2) is 79.5 Å². The van der Waals surface area contributed by atoms with Gasteiger partial charge in [-0.2, -0.15) is 13.2 Å². The molecule has 1 saturated heterocycles. The molecule has 3 amide bonds. The highest BCUT2D eigenvalue weighted by Crippen LogP contribution is 2.41. The summed E-state index contributed by atoms with van der Waals surface area (Å²) in [5.41, 5.74) is 2.25. The molecule has 2 unspecified atom stereocenters. The third kappa shape index (κ3) is 13.9. The van der Waals surface area contributed by atoms with Crippen LogP contribution in [0.4, 0.5) is 23.2 Å². The van der Waals surface area contributed by atoms with Gasteiger partial charge < -0.3 is 25.3 Å². The maximum Gasteiger partial charge on any atom is 0.416 e. The van der Waals surface area contributed by atoms with Gasteiger partial charge in [-0.3, -0.25) is 23.9 Å². The zero-order valence-electron chi connectivity index (χ0n) is 37.4. The van der Waals surface area contributed by atoms with Crippen LogP contribution < -0.4 is 25.5 Å². The number of aromatic amines is 1. The normalized spacial score (nSPS) is 18.1. The van der Waals surface area contributed by atoms with E-state index in [9.17, 15) is 45.2 Å². The van der Waals surface area contributed by atoms with Crippen LogP contribution in [0.25, 0.3) is 21.6 Å². The number of unbranched alkanes of at least 4 members (excludes halogenated alkanes) is 3. The molecule has 2 aromatic carbocycles. The van der Waals surface area contributed by atoms with Crippen molar-refractivity contribution in [2.45, 2.75) is 109 Å². The molecule has 0 bridgehead atoms. The van der Waals surface area contributed by atoms with Crippen molar-refractivity contribution in [3.05, 3.63) is 86.8 Å². The minimum atomic E-state index is -4.68. The summed E-state index contributed by atoms with van der Waals surface area (Å²) in [5.74, 6) is -0.822. The zero-order chi connectivity index (χ0) is 47.6. The Morgan fingerprint density at radius 1 is 1.08 bits per heavy atom. The number of nitrogens with one attached hydrogen (secondary N) is 4. The second kappa shape index (κ2) is 22.3. The molecule has 4 aromatic rings. The summed E-state index contributed by atoms with van der Waals surface area (Å²) in [6.45, 7) is 8.41. The lowest BCUT2D eigenvalue weighted by Crippen LogP contribution is -2.46. The number of anilines is 1. The first-order chi connectivity index (χ1) is 30.8. The SMILES string of the molecule is CCCCC/C=C\C1C[C@@H]1C(=O)NS(=O)(=O)C1CC1.CNC(=O)C1CCCN1C(=O)CNc1cc(F)cc(C(F)(F)F)c1.COc1ccc2c(=O)cc(-c3nc(C(C)C)cs3)[nH]c2c1C. The number of H-pyrrole nitrogens is 1. The van der Waals surface area contributed by atoms with E-state index in [1.807, 2.05) is 18.4 Å². The Morgan fingerprint density at radius 3 is 2.45 bits per heavy atom. The number of thiazole rings is 1. The first-order valence-electron chi connectivity index (χ1n) is 21.8. The molecule has 3 atom stereocenters. The van der Waals surface area contributed by atoms with Crippen molar-refractivity contribution in [1.29, 1.82) is 0 Å². The van der Waals surface area contributed by atoms with Crippen molar-refractivity contribution in [3.8, 4) is 16.5 Å². The number of hydrogen-bond acceptors (Lipinski definition) is 10. The first kappa shape index (κ1) is 50.7. The molecule has 4 N–H and O–H groups in total. The molecule has 19 heteroatoms. The number of methoxy groups -OCH3 is 1. The van der Waals surface area contributed by atoms with E-state index in [0.29, 0.717) is 49.6 Å². The molecular weight excluding hydrogens is 889 g/mol. The standard InChI is InChI=1S/C17H18N2O2S.C15H17F4N3O2.C14H23NO3S/c1-9(2)13-8-22-17(19-13)12-7-14(20)11-5-6-15(21-4)10(3)16(11)18-12;1-20-14(24)12-3-2-4-22(12)13(23)8-21-11-6-9(15(17,18)19)5-10(16)7-11;1-2-3-4-5-6-7-11-10-13(11)14(16)15-19(17,18)12-8-9-12/h5-9H,1-4H3,(H,18,20);5-7,12,21H,2-4,8H2,1H3,(H,20,24);6-7,11-13H,2-5,8-10H2,1H3,(H,15,16)/b;;7-6-/t;;11?,13-/m..0/s1. The Bertz CT molecular complexity index is 2520. The monoisotopic (exact) mass is 946 g/mol. The molecule has 0 spiro atoms. The molecule has 2 saturated carbocycles. The van der Waals surface area contributed by atoms with Gasteiger partial charge in [0.1, 0.15) is 22.6 Å². The number of carbonyl (C=O) groups excluding carboxylic acids is 3. The zero-order valence-corrected chi connectivity index (χ0v) is 39.1. The summed E-state index contributed by atoms with van der Waals surface area (Å²) >= 11 is 1.55. The fraction of sp³-hybridized carbons (Fsp3) is 0.500. The van der Waals surface area contributed by atoms with E-state index in [4.69, 9.17) is 4.74 Å². The fourth-order valence-corrected chi connectivity index (χ4v) is 9.59. The van der Waals surface area contributed by atoms with Crippen LogP contribution in [0.2, 0.25) is 0 Å². The van der Waals surface area contributed by atoms with Gasteiger partial charge >= 0.3 is 6.18 Å². The van der Waals surface area contributed by atoms with Crippen molar-refractivity contribution in [2.24, 2.45) is 11.8 Å². The average molecular weight is 947 g/mol. The van der Waals surface area contributed by atoms with E-state index in [0.717, 1.165) is 58.2 Å². The predicted molar refractivity (Wildman–Crippen MR) is 245 cm³/mol. The number of aryl methyl sites for hydroxylation is 1. The molecule has 3 fully saturated rings. The topological polar surface area (TPSA) is 180 Å². The van der Waals surface area contributed by atoms with Crippen LogP contribution in [0.15, 0.2) is 58.7 Å². The maximum atomic E-state index is 13.3. The number of likely N-dealkylation sites (tertiary alicyclic amines) is 1. The summed E-state index contributed by atoms with van der Waals surface area (Å²) in [6.07, 6.45) is 7.57. The van der Waals surface area contributed by atoms with E-state index in [2.05, 4.69) is 58.2 Å². The number of likely N-dealkylation sites (N-methyl/N-ethyl adjacent to an activating group) is 1. The number of halogens is 4. The maximum absolute atomic E-state index is 13.3. The molecule has 65 heavy (non-hydrogen) atoms. The lowest BCUT2D eigenvalue weighted by Gasteiger charge is -2.23. The Hall–Kier alpha value is -5.30. The van der Waals surface area contributed by atoms with E-state index in [1.54, 1.807) is 30.6 Å². The van der Waals surface area contributed by atoms with Gasteiger partial charge in [0.2, 0.25) is 27.7 Å². The van der Waals surface area contributed by atoms with Crippen LogP contribution >= 0.6 is 11.3 Å². The molecule has 354 valence electrons. The van der Waals surface area contributed by atoms with Crippen LogP contribution in [-0.2, 0) is 30.6 Å². The highest BCUT2D eigenvalue weighted by atomic mass is 32.2. The Morgan fingerprint density at radius 2 is 1.82 bits per heavy atom. The number of pyridine rings is 1. The van der Waals surface area contributed by atoms with Crippen LogP contribution in [0.5, 0.6) is 5.75 Å². The molecule has 3 aliphatic rings. The second-order valence-electron chi connectivity index (χ2n) is 16.7. The van der Waals surface area contributed by atoms with Crippen LogP contribution in [0, 0.1) is 24.6 Å². The number of alkyl halides is 3. The summed E-state index contributed by atoms with van der Waals surface area (Å²) in [4.78, 5) is 57.4. The largest absolute Gasteiger partial charge is 0.496 e. The Balaban J connectivity index is 0.000000184. The number of allylic oxidation sites excluding steroid dienone is 2. The van der Waals surface area contributed by atoms with Gasteiger partial charge in [0.05, 0.1) is 41.4 Å². The summed E-state index contributed by atoms with van der Waals surface area (Å²) in [6, 6.07) is 6.66. The molecule has 1 aliphatic heterocycles. The second-order valence-corrected chi connectivity index (χ2v) is 19.5. The van der Waals surface area contributed by atoms with Crippen molar-refractivity contribution < 1.29 is 45.1 Å². The van der Waals surface area contributed by atoms with E-state index in [1.165, 1.54) is 31.2 Å². The fourth-order valence-electron chi connectivity index (χ4n) is 7.28. The Labute approximate surface area is 380 Å². The number of carbonyl (C=O) groups is 3. The molecular formula is C46H58F4N6O7S2. The van der Waals surface area contributed by atoms with Gasteiger partial charge in [0.25, 0.3) is 0 Å². The minimum absolute atomic E-state index is 0.00389. The third-order valence-electron chi connectivity index (χ3n) is 11.3. The first-order valence-corrected chi connectivity index (χ1v) is 24.2. The van der Waals surface area contributed by atoms with Gasteiger partial charge in [-0.15, -0.1) is 11.3 Å². The van der Waals surface area contributed by atoms with Crippen LogP contribution in [0.3, 0.4) is 0 Å². The number of hydrogen-bond donors (Lipinski definition) is 4. The third-order valence-corrected chi connectivity index (χ3v) is 14.0. The van der Waals surface area contributed by atoms with E-state index in [-0.39, 0.29) is 46.6 Å². The predicted octanol–water partition coefficient (Wildman–Crippen LogP) is 8.45. The highest BCUT2D eigenvalue weighted by molar-refractivity contribution is 7.90. The van der Waals surface area contributed by atoms with Gasteiger partial charge in [0.15, 0.2) is 5.43 Å². The van der Waals surface area contributed by atoms with Gasteiger partial charge in [-0.05, 0) is 94.0 Å². The number of sulfonamides is 1. The number of aromatic nitrogens is 2. The number of amides is 3. The van der Waals surface area contributed by atoms with Gasteiger partial charge in [-0.1, -0.05) is 45.8 Å². The Kier molecular flexibility index (Phi) is 17.4. The highest BCUT2D eigenvalue weighted by Gasteiger charge is 2.45. The van der Waals surface area contributed by atoms with Crippen molar-refractivity contribution >= 4 is 55.7 Å². The lowest BCUT2D eigenvalue weighted by molar-refractivity contribution is -0.137. The van der Waals surface area contributed by atoms with E-state index >= 15 is 0 Å². The number of benzene rings is 2. The molecule has 2 aliphatic carbocycles. The summed E-state index contributed by atoms with van der Waals surface area (Å²) in [7, 11) is -0.275. The minimum Gasteiger partial charge on any atom is -0.496 e. The number of fused-ring (bicyclic) bond motifs is 1. The summed E-state index contributed by atoms with van der Waals surface area (Å²) < 4.78 is 82.1. The molecule has 7 rings (SSSR count). The quantitative estimate of drug-likeness (QED) is 0.0517. The smallest absolute Gasteiger partial charge is 0.416 e. The number of ether oxygens (including phenoxy) is 1. The van der Waals surface area contributed by atoms with Gasteiger partial charge in [-0.25, -0.2) is 17.8 Å². The molecule has 13 nitrogen and oxygen atoms in total. The van der Waals surface area contributed by atoms with Gasteiger partial charge in [0, 0.05) is 47.6 Å². The van der Waals surface area contributed by atoms with E-state index < -0.39 is 39.5 Å². The van der Waals surface area contributed by atoms with Crippen molar-refractivity contribution in [2.75, 3.05) is 32.6 Å². The van der Waals surface area contributed by atoms with Crippen molar-refractivity contribution in [3.63, 3.8) is 0 Å². The molecule has 0 radical (unpaired) electrons. The van der Waals surface area contributed by atoms with Crippen LogP contribution in [0.1, 0.15) is 101 Å². The molecule has 2 aromatic heterocycles. The molecule has 3 heterocycles. The lowest BCUT2D eigenvalue weighted by atomic mass is 10.1. The number of rotatable bonds is 15.